The molecule has 1 rings (SSSR count). The van der Waals surface area contributed by atoms with Crippen molar-refractivity contribution < 1.29 is 49.0 Å². The van der Waals surface area contributed by atoms with Gasteiger partial charge in [-0.1, -0.05) is 167 Å². The van der Waals surface area contributed by atoms with Gasteiger partial charge in [-0.2, -0.15) is 0 Å². The minimum Gasteiger partial charge on any atom is -0.462 e. The molecule has 0 aromatic rings. The van der Waals surface area contributed by atoms with Gasteiger partial charge in [0, 0.05) is 12.8 Å². The zero-order valence-electron chi connectivity index (χ0n) is 37.1. The molecule has 1 aliphatic rings. The fourth-order valence-corrected chi connectivity index (χ4v) is 5.95. The van der Waals surface area contributed by atoms with Crippen LogP contribution in [0, 0.1) is 0 Å². The van der Waals surface area contributed by atoms with Crippen molar-refractivity contribution in [3.8, 4) is 0 Å². The van der Waals surface area contributed by atoms with E-state index >= 15 is 0 Å². The molecule has 10 heteroatoms. The Morgan fingerprint density at radius 2 is 1.02 bits per heavy atom. The fourth-order valence-electron chi connectivity index (χ4n) is 5.95. The summed E-state index contributed by atoms with van der Waals surface area (Å²) in [5.41, 5.74) is 0. The van der Waals surface area contributed by atoms with E-state index in [0.29, 0.717) is 19.3 Å². The first-order valence-corrected chi connectivity index (χ1v) is 22.7. The van der Waals surface area contributed by atoms with Gasteiger partial charge < -0.3 is 39.4 Å². The van der Waals surface area contributed by atoms with E-state index in [9.17, 15) is 30.0 Å². The maximum Gasteiger partial charge on any atom is 0.306 e. The Bertz CT molecular complexity index is 1400. The molecule has 61 heavy (non-hydrogen) atoms. The SMILES string of the molecule is CC/C=C/C=C/C=C/C=C/C=C/CCCC(=O)OC(COC(=O)CCCCCCCCC/C=C/C/C=C/C/C=C/C/C=C/C/C=C/CC)CO[C@H]1O[C@@H](CO)[C@@H](O)C(O)C1O. The smallest absolute Gasteiger partial charge is 0.306 e. The Hall–Kier alpha value is -3.90. The van der Waals surface area contributed by atoms with Gasteiger partial charge in [0.1, 0.15) is 31.0 Å². The second-order valence-electron chi connectivity index (χ2n) is 14.9. The van der Waals surface area contributed by atoms with Crippen LogP contribution in [0.25, 0.3) is 0 Å². The number of allylic oxidation sites excluding steroid dienone is 20. The predicted octanol–water partition coefficient (Wildman–Crippen LogP) is 9.88. The Morgan fingerprint density at radius 1 is 0.525 bits per heavy atom. The van der Waals surface area contributed by atoms with E-state index in [1.54, 1.807) is 0 Å². The normalized spacial score (nSPS) is 20.9. The van der Waals surface area contributed by atoms with Crippen LogP contribution in [0.5, 0.6) is 0 Å². The molecule has 0 aliphatic carbocycles. The quantitative estimate of drug-likeness (QED) is 0.0210. The Balaban J connectivity index is 2.34. The van der Waals surface area contributed by atoms with E-state index in [0.717, 1.165) is 70.6 Å². The molecule has 1 fully saturated rings. The van der Waals surface area contributed by atoms with Crippen molar-refractivity contribution in [2.45, 2.75) is 166 Å². The van der Waals surface area contributed by atoms with E-state index in [1.807, 2.05) is 54.7 Å². The second kappa shape index (κ2) is 40.2. The summed E-state index contributed by atoms with van der Waals surface area (Å²) >= 11 is 0. The van der Waals surface area contributed by atoms with Gasteiger partial charge in [0.2, 0.25) is 0 Å². The topological polar surface area (TPSA) is 152 Å². The number of hydrogen-bond acceptors (Lipinski definition) is 10. The average Bonchev–Trinajstić information content (AvgIpc) is 3.26. The van der Waals surface area contributed by atoms with Gasteiger partial charge >= 0.3 is 11.9 Å². The lowest BCUT2D eigenvalue weighted by molar-refractivity contribution is -0.305. The summed E-state index contributed by atoms with van der Waals surface area (Å²) in [4.78, 5) is 25.3. The van der Waals surface area contributed by atoms with Crippen LogP contribution in [0.1, 0.15) is 129 Å². The molecule has 3 unspecified atom stereocenters. The third-order valence-corrected chi connectivity index (χ3v) is 9.47. The highest BCUT2D eigenvalue weighted by molar-refractivity contribution is 5.70. The van der Waals surface area contributed by atoms with Gasteiger partial charge in [0.05, 0.1) is 13.2 Å². The van der Waals surface area contributed by atoms with Crippen LogP contribution >= 0.6 is 0 Å². The van der Waals surface area contributed by atoms with Crippen molar-refractivity contribution >= 4 is 11.9 Å². The van der Waals surface area contributed by atoms with E-state index in [-0.39, 0.29) is 26.1 Å². The number of ether oxygens (including phenoxy) is 4. The molecule has 1 heterocycles. The monoisotopic (exact) mass is 851 g/mol. The minimum absolute atomic E-state index is 0.123. The van der Waals surface area contributed by atoms with E-state index in [1.165, 1.54) is 12.8 Å². The number of hydrogen-bond donors (Lipinski definition) is 4. The Labute approximate surface area is 367 Å². The average molecular weight is 851 g/mol. The lowest BCUT2D eigenvalue weighted by atomic mass is 9.99. The Morgan fingerprint density at radius 3 is 1.61 bits per heavy atom. The molecule has 0 saturated carbocycles. The summed E-state index contributed by atoms with van der Waals surface area (Å²) in [7, 11) is 0. The van der Waals surface area contributed by atoms with Crippen molar-refractivity contribution in [3.63, 3.8) is 0 Å². The van der Waals surface area contributed by atoms with E-state index < -0.39 is 55.4 Å². The van der Waals surface area contributed by atoms with Crippen LogP contribution in [-0.4, -0.2) is 89.0 Å². The first-order valence-electron chi connectivity index (χ1n) is 22.7. The predicted molar refractivity (Wildman–Crippen MR) is 246 cm³/mol. The van der Waals surface area contributed by atoms with Crippen LogP contribution < -0.4 is 0 Å². The summed E-state index contributed by atoms with van der Waals surface area (Å²) in [5.74, 6) is -0.921. The number of rotatable bonds is 35. The molecule has 10 nitrogen and oxygen atoms in total. The van der Waals surface area contributed by atoms with Crippen molar-refractivity contribution in [1.29, 1.82) is 0 Å². The Kier molecular flexibility index (Phi) is 36.3. The first-order chi connectivity index (χ1) is 29.8. The number of unbranched alkanes of at least 4 members (excludes halogenated alkanes) is 8. The number of aliphatic hydroxyl groups excluding tert-OH is 4. The van der Waals surface area contributed by atoms with Crippen molar-refractivity contribution in [1.82, 2.24) is 0 Å². The van der Waals surface area contributed by atoms with Crippen molar-refractivity contribution in [2.24, 2.45) is 0 Å². The third-order valence-electron chi connectivity index (χ3n) is 9.47. The van der Waals surface area contributed by atoms with E-state index in [2.05, 4.69) is 80.7 Å². The molecule has 0 radical (unpaired) electrons. The lowest BCUT2D eigenvalue weighted by Gasteiger charge is -2.39. The van der Waals surface area contributed by atoms with Crippen molar-refractivity contribution in [3.05, 3.63) is 122 Å². The van der Waals surface area contributed by atoms with Gasteiger partial charge in [0.15, 0.2) is 12.4 Å². The molecule has 0 aromatic carbocycles. The van der Waals surface area contributed by atoms with Crippen LogP contribution in [0.4, 0.5) is 0 Å². The van der Waals surface area contributed by atoms with Crippen LogP contribution in [0.2, 0.25) is 0 Å². The summed E-state index contributed by atoms with van der Waals surface area (Å²) in [6.45, 7) is 3.05. The zero-order valence-corrected chi connectivity index (χ0v) is 37.1. The van der Waals surface area contributed by atoms with Crippen LogP contribution in [-0.2, 0) is 28.5 Å². The van der Waals surface area contributed by atoms with Gasteiger partial charge in [-0.3, -0.25) is 9.59 Å². The summed E-state index contributed by atoms with van der Waals surface area (Å²) < 4.78 is 22.0. The molecular weight excluding hydrogens is 773 g/mol. The van der Waals surface area contributed by atoms with E-state index in [4.69, 9.17) is 18.9 Å². The first kappa shape index (κ1) is 55.1. The molecule has 1 saturated heterocycles. The van der Waals surface area contributed by atoms with Gasteiger partial charge in [-0.05, 0) is 70.6 Å². The highest BCUT2D eigenvalue weighted by Crippen LogP contribution is 2.22. The second-order valence-corrected chi connectivity index (χ2v) is 14.9. The molecule has 0 bridgehead atoms. The molecule has 0 aromatic heterocycles. The van der Waals surface area contributed by atoms with Crippen LogP contribution in [0.3, 0.4) is 0 Å². The molecule has 4 N–H and O–H groups in total. The summed E-state index contributed by atoms with van der Waals surface area (Å²) in [6.07, 6.45) is 49.3. The highest BCUT2D eigenvalue weighted by Gasteiger charge is 2.44. The third kappa shape index (κ3) is 31.6. The standard InChI is InChI=1S/C51H78O10/c1-3-5-7-9-11-13-15-17-18-19-20-21-22-23-24-25-26-28-29-31-33-35-37-39-46(53)58-42-44(43-59-51-50(57)49(56)48(55)45(41-52)61-51)60-47(54)40-38-36-34-32-30-27-16-14-12-10-8-6-4-2/h5-8,10-14,16-18,20-21,23-24,27,30,32,34,44-45,48-52,55-57H,3-4,9,15,19,22,25-26,28-29,31,33,35-43H2,1-2H3/b7-5+,8-6+,12-10+,13-11+,16-14+,18-17+,21-20+,24-23+,30-27+,34-32+/t44?,45-,48+,49?,50?,51-/m0/s1. The number of aliphatic hydroxyl groups is 4. The molecule has 342 valence electrons. The maximum atomic E-state index is 12.7. The fraction of sp³-hybridized carbons (Fsp3) is 0.569. The number of esters is 2. The highest BCUT2D eigenvalue weighted by atomic mass is 16.7. The van der Waals surface area contributed by atoms with Gasteiger partial charge in [-0.25, -0.2) is 0 Å². The molecule has 6 atom stereocenters. The summed E-state index contributed by atoms with van der Waals surface area (Å²) in [6, 6.07) is 0. The van der Waals surface area contributed by atoms with Crippen molar-refractivity contribution in [2.75, 3.05) is 19.8 Å². The number of carbonyl (C=O) groups excluding carboxylic acids is 2. The summed E-state index contributed by atoms with van der Waals surface area (Å²) in [5, 5.41) is 40.1. The maximum absolute atomic E-state index is 12.7. The molecule has 0 spiro atoms. The largest absolute Gasteiger partial charge is 0.462 e. The van der Waals surface area contributed by atoms with Gasteiger partial charge in [-0.15, -0.1) is 0 Å². The molecular formula is C51H78O10. The molecule has 1 aliphatic heterocycles. The lowest BCUT2D eigenvalue weighted by Crippen LogP contribution is -2.59. The minimum atomic E-state index is -1.62. The molecule has 0 amide bonds. The zero-order chi connectivity index (χ0) is 44.4. The number of carbonyl (C=O) groups is 2. The van der Waals surface area contributed by atoms with Crippen LogP contribution in [0.15, 0.2) is 122 Å². The van der Waals surface area contributed by atoms with Gasteiger partial charge in [0.25, 0.3) is 0 Å².